The Labute approximate surface area is 277 Å². The number of amides is 6. The highest BCUT2D eigenvalue weighted by Gasteiger charge is 2.70. The Morgan fingerprint density at radius 3 is 1.98 bits per heavy atom. The third kappa shape index (κ3) is 7.79. The zero-order valence-corrected chi connectivity index (χ0v) is 29.2. The van der Waals surface area contributed by atoms with Crippen LogP contribution in [0, 0.1) is 34.0 Å². The molecule has 0 radical (unpaired) electrons. The molecule has 4 rings (SSSR count). The van der Waals surface area contributed by atoms with E-state index in [1.54, 1.807) is 11.9 Å². The number of benzene rings is 1. The Kier molecular flexibility index (Phi) is 9.86. The van der Waals surface area contributed by atoms with Crippen LogP contribution in [0.5, 0.6) is 0 Å². The van der Waals surface area contributed by atoms with Crippen molar-refractivity contribution in [3.05, 3.63) is 35.9 Å². The number of nitrogens with one attached hydrogen (secondary N) is 3. The highest BCUT2D eigenvalue weighted by Crippen LogP contribution is 2.65. The van der Waals surface area contributed by atoms with E-state index in [2.05, 4.69) is 16.0 Å². The second-order valence-corrected chi connectivity index (χ2v) is 16.3. The Morgan fingerprint density at radius 2 is 1.47 bits per heavy atom. The summed E-state index contributed by atoms with van der Waals surface area (Å²) in [6.45, 7) is 15.8. The molecule has 3 aliphatic rings. The first-order valence-electron chi connectivity index (χ1n) is 16.5. The van der Waals surface area contributed by atoms with Crippen LogP contribution in [0.25, 0.3) is 0 Å². The fourth-order valence-electron chi connectivity index (χ4n) is 6.95. The molecule has 0 bridgehead atoms. The van der Waals surface area contributed by atoms with Crippen molar-refractivity contribution in [2.45, 2.75) is 98.9 Å². The number of carbonyl (C=O) groups excluding carboxylic acids is 6. The molecule has 258 valence electrons. The van der Waals surface area contributed by atoms with Crippen molar-refractivity contribution < 1.29 is 28.8 Å². The molecule has 6 atom stereocenters. The standard InChI is InChI=1S/C35H52N6O6/c1-33(2,3)26(30(45)40(9)17-19-13-11-10-12-14-19)38-32(47)39-27(34(4,5)6)31(46)41-18-21-22(35(21,7)8)24(41)29(44)37-23(20-15-16-20)25(42)28(36)43/h10-14,20-24,26-27H,15-18H2,1-9H3,(H2,36,43)(H,37,44)(H2,38,39,47)/t21-,22-,23?,24-,26+,27+/m0/s1. The SMILES string of the molecule is CN(Cc1ccccc1)C(=O)[C@@H](NC(=O)N[C@H](C(=O)N1C[C@H]2[C@@H]([C@H]1C(=O)NC(C(=O)C(N)=O)C1CC1)C2(C)C)C(C)(C)C)C(C)(C)C. The fourth-order valence-corrected chi connectivity index (χ4v) is 6.95. The number of likely N-dealkylation sites (N-methyl/N-ethyl adjacent to an activating group) is 1. The molecular weight excluding hydrogens is 600 g/mol. The van der Waals surface area contributed by atoms with Crippen molar-refractivity contribution in [3.63, 3.8) is 0 Å². The van der Waals surface area contributed by atoms with E-state index in [1.165, 1.54) is 4.90 Å². The average Bonchev–Trinajstić information content (AvgIpc) is 3.84. The van der Waals surface area contributed by atoms with Gasteiger partial charge in [0.25, 0.3) is 5.91 Å². The Hall–Kier alpha value is -3.96. The molecule has 1 unspecified atom stereocenters. The van der Waals surface area contributed by atoms with Gasteiger partial charge in [0.05, 0.1) is 0 Å². The smallest absolute Gasteiger partial charge is 0.316 e. The Morgan fingerprint density at radius 1 is 0.915 bits per heavy atom. The van der Waals surface area contributed by atoms with E-state index >= 15 is 0 Å². The van der Waals surface area contributed by atoms with Crippen LogP contribution < -0.4 is 21.7 Å². The summed E-state index contributed by atoms with van der Waals surface area (Å²) < 4.78 is 0. The summed E-state index contributed by atoms with van der Waals surface area (Å²) in [5.41, 5.74) is 4.62. The van der Waals surface area contributed by atoms with Crippen molar-refractivity contribution in [2.75, 3.05) is 13.6 Å². The van der Waals surface area contributed by atoms with Gasteiger partial charge in [0.15, 0.2) is 0 Å². The van der Waals surface area contributed by atoms with Crippen LogP contribution >= 0.6 is 0 Å². The number of hydrogen-bond donors (Lipinski definition) is 4. The monoisotopic (exact) mass is 652 g/mol. The lowest BCUT2D eigenvalue weighted by atomic mass is 9.84. The number of likely N-dealkylation sites (tertiary alicyclic amines) is 1. The van der Waals surface area contributed by atoms with E-state index in [4.69, 9.17) is 5.73 Å². The molecule has 12 heteroatoms. The van der Waals surface area contributed by atoms with E-state index in [0.29, 0.717) is 25.9 Å². The first-order chi connectivity index (χ1) is 21.7. The Balaban J connectivity index is 1.52. The number of Topliss-reactive ketones (excluding diaryl/α,β-unsaturated/α-hetero) is 1. The number of fused-ring (bicyclic) bond motifs is 1. The van der Waals surface area contributed by atoms with Crippen LogP contribution in [0.15, 0.2) is 30.3 Å². The maximum atomic E-state index is 14.3. The van der Waals surface area contributed by atoms with E-state index in [1.807, 2.05) is 85.7 Å². The molecule has 0 spiro atoms. The van der Waals surface area contributed by atoms with Gasteiger partial charge < -0.3 is 31.5 Å². The minimum absolute atomic E-state index is 0.0610. The van der Waals surface area contributed by atoms with Crippen LogP contribution in [-0.4, -0.2) is 83.0 Å². The minimum atomic E-state index is -1.10. The lowest BCUT2D eigenvalue weighted by molar-refractivity contribution is -0.145. The van der Waals surface area contributed by atoms with Crippen molar-refractivity contribution in [3.8, 4) is 0 Å². The molecule has 2 saturated carbocycles. The maximum absolute atomic E-state index is 14.3. The molecule has 3 fully saturated rings. The summed E-state index contributed by atoms with van der Waals surface area (Å²) in [5.74, 6) is -3.40. The quantitative estimate of drug-likeness (QED) is 0.267. The van der Waals surface area contributed by atoms with Crippen molar-refractivity contribution in [1.82, 2.24) is 25.8 Å². The first-order valence-corrected chi connectivity index (χ1v) is 16.5. The van der Waals surface area contributed by atoms with Crippen molar-refractivity contribution in [1.29, 1.82) is 0 Å². The van der Waals surface area contributed by atoms with E-state index in [-0.39, 0.29) is 29.1 Å². The van der Waals surface area contributed by atoms with Crippen LogP contribution in [0.2, 0.25) is 0 Å². The van der Waals surface area contributed by atoms with Crippen LogP contribution in [0.3, 0.4) is 0 Å². The van der Waals surface area contributed by atoms with E-state index < -0.39 is 64.5 Å². The molecule has 2 aliphatic carbocycles. The molecule has 1 saturated heterocycles. The average molecular weight is 653 g/mol. The number of hydrogen-bond acceptors (Lipinski definition) is 6. The second-order valence-electron chi connectivity index (χ2n) is 16.3. The van der Waals surface area contributed by atoms with E-state index in [0.717, 1.165) is 5.56 Å². The number of rotatable bonds is 11. The molecule has 0 aromatic heterocycles. The van der Waals surface area contributed by atoms with Crippen molar-refractivity contribution >= 4 is 35.4 Å². The molecule has 1 aliphatic heterocycles. The summed E-state index contributed by atoms with van der Waals surface area (Å²) >= 11 is 0. The van der Waals surface area contributed by atoms with Gasteiger partial charge >= 0.3 is 6.03 Å². The van der Waals surface area contributed by atoms with Crippen molar-refractivity contribution in [2.24, 2.45) is 39.7 Å². The second kappa shape index (κ2) is 12.9. The lowest BCUT2D eigenvalue weighted by Gasteiger charge is -2.39. The van der Waals surface area contributed by atoms with Crippen LogP contribution in [0.4, 0.5) is 4.79 Å². The summed E-state index contributed by atoms with van der Waals surface area (Å²) in [6, 6.07) is 5.04. The number of carbonyl (C=O) groups is 6. The normalized spacial score (nSPS) is 23.4. The number of nitrogens with two attached hydrogens (primary N) is 1. The Bertz CT molecular complexity index is 1410. The summed E-state index contributed by atoms with van der Waals surface area (Å²) in [5, 5.41) is 8.42. The predicted octanol–water partition coefficient (Wildman–Crippen LogP) is 2.21. The van der Waals surface area contributed by atoms with Gasteiger partial charge in [-0.2, -0.15) is 0 Å². The zero-order chi connectivity index (χ0) is 35.2. The maximum Gasteiger partial charge on any atom is 0.316 e. The van der Waals surface area contributed by atoms with Gasteiger partial charge in [-0.1, -0.05) is 85.7 Å². The third-order valence-corrected chi connectivity index (χ3v) is 10.1. The number of primary amides is 1. The topological polar surface area (TPSA) is 171 Å². The van der Waals surface area contributed by atoms with Gasteiger partial charge in [-0.05, 0) is 52.4 Å². The number of piperidine rings is 1. The number of urea groups is 1. The van der Waals surface area contributed by atoms with Crippen LogP contribution in [0.1, 0.15) is 73.8 Å². The van der Waals surface area contributed by atoms with Gasteiger partial charge in [0.2, 0.25) is 23.5 Å². The third-order valence-electron chi connectivity index (χ3n) is 10.1. The molecule has 5 N–H and O–H groups in total. The fraction of sp³-hybridized carbons (Fsp3) is 0.657. The lowest BCUT2D eigenvalue weighted by Crippen LogP contribution is -2.63. The minimum Gasteiger partial charge on any atom is -0.363 e. The molecule has 6 amide bonds. The molecular formula is C35H52N6O6. The predicted molar refractivity (Wildman–Crippen MR) is 176 cm³/mol. The van der Waals surface area contributed by atoms with E-state index in [9.17, 15) is 28.8 Å². The van der Waals surface area contributed by atoms with Gasteiger partial charge in [0.1, 0.15) is 24.2 Å². The zero-order valence-electron chi connectivity index (χ0n) is 29.2. The summed E-state index contributed by atoms with van der Waals surface area (Å²) in [6.07, 6.45) is 1.39. The molecule has 12 nitrogen and oxygen atoms in total. The van der Waals surface area contributed by atoms with Gasteiger partial charge in [-0.15, -0.1) is 0 Å². The summed E-state index contributed by atoms with van der Waals surface area (Å²) in [4.78, 5) is 82.7. The summed E-state index contributed by atoms with van der Waals surface area (Å²) in [7, 11) is 1.69. The molecule has 1 heterocycles. The number of ketones is 1. The highest BCUT2D eigenvalue weighted by atomic mass is 16.2. The van der Waals surface area contributed by atoms with Gasteiger partial charge in [0, 0.05) is 20.1 Å². The van der Waals surface area contributed by atoms with Gasteiger partial charge in [-0.25, -0.2) is 4.79 Å². The first kappa shape index (κ1) is 35.9. The number of nitrogens with zero attached hydrogens (tertiary/aromatic N) is 2. The molecule has 1 aromatic rings. The highest BCUT2D eigenvalue weighted by molar-refractivity contribution is 6.38. The molecule has 47 heavy (non-hydrogen) atoms. The molecule has 1 aromatic carbocycles. The van der Waals surface area contributed by atoms with Crippen LogP contribution in [-0.2, 0) is 30.5 Å². The largest absolute Gasteiger partial charge is 0.363 e. The van der Waals surface area contributed by atoms with Gasteiger partial charge in [-0.3, -0.25) is 24.0 Å².